The zero-order valence-corrected chi connectivity index (χ0v) is 10.5. The zero-order chi connectivity index (χ0) is 11.3. The second-order valence-electron chi connectivity index (χ2n) is 4.87. The molecule has 0 aromatic carbocycles. The molecule has 2 unspecified atom stereocenters. The highest BCUT2D eigenvalue weighted by Gasteiger charge is 2.24. The van der Waals surface area contributed by atoms with Crippen LogP contribution in [0.15, 0.2) is 11.6 Å². The molecule has 0 aromatic rings. The Morgan fingerprint density at radius 1 is 1.53 bits per heavy atom. The third-order valence-electron chi connectivity index (χ3n) is 3.46. The zero-order valence-electron chi connectivity index (χ0n) is 10.5. The van der Waals surface area contributed by atoms with Gasteiger partial charge in [-0.15, -0.1) is 0 Å². The highest BCUT2D eigenvalue weighted by atomic mass is 15.1. The summed E-state index contributed by atoms with van der Waals surface area (Å²) in [6.07, 6.45) is 8.49. The van der Waals surface area contributed by atoms with Crippen LogP contribution in [0.1, 0.15) is 46.0 Å². The lowest BCUT2D eigenvalue weighted by Crippen LogP contribution is -2.45. The van der Waals surface area contributed by atoms with Crippen LogP contribution >= 0.6 is 0 Å². The van der Waals surface area contributed by atoms with E-state index in [1.807, 2.05) is 0 Å². The summed E-state index contributed by atoms with van der Waals surface area (Å²) < 4.78 is 0. The Kier molecular flexibility index (Phi) is 5.34. The van der Waals surface area contributed by atoms with Gasteiger partial charge in [0.1, 0.15) is 0 Å². The molecule has 0 saturated carbocycles. The smallest absolute Gasteiger partial charge is 0.0316 e. The first kappa shape index (κ1) is 12.7. The minimum Gasteiger partial charge on any atom is -0.328 e. The molecule has 2 nitrogen and oxygen atoms in total. The van der Waals surface area contributed by atoms with Gasteiger partial charge in [-0.25, -0.2) is 0 Å². The summed E-state index contributed by atoms with van der Waals surface area (Å²) in [6, 6.07) is 0.992. The first-order valence-corrected chi connectivity index (χ1v) is 6.27. The lowest BCUT2D eigenvalue weighted by atomic mass is 9.92. The van der Waals surface area contributed by atoms with Crippen molar-refractivity contribution < 1.29 is 0 Å². The Labute approximate surface area is 94.5 Å². The van der Waals surface area contributed by atoms with Crippen LogP contribution in [0.2, 0.25) is 0 Å². The van der Waals surface area contributed by atoms with Gasteiger partial charge in [-0.05, 0) is 39.8 Å². The van der Waals surface area contributed by atoms with E-state index < -0.39 is 0 Å². The molecule has 0 aromatic heterocycles. The molecule has 1 saturated heterocycles. The van der Waals surface area contributed by atoms with Crippen molar-refractivity contribution in [3.8, 4) is 0 Å². The van der Waals surface area contributed by atoms with Crippen LogP contribution in [0.5, 0.6) is 0 Å². The van der Waals surface area contributed by atoms with E-state index >= 15 is 0 Å². The van der Waals surface area contributed by atoms with Gasteiger partial charge in [-0.1, -0.05) is 31.4 Å². The number of likely N-dealkylation sites (N-methyl/N-ethyl adjacent to an activating group) is 1. The van der Waals surface area contributed by atoms with Gasteiger partial charge in [0.05, 0.1) is 0 Å². The number of hydrogen-bond donors (Lipinski definition) is 1. The Balaban J connectivity index is 2.48. The average Bonchev–Trinajstić information content (AvgIpc) is 2.22. The van der Waals surface area contributed by atoms with Crippen molar-refractivity contribution in [2.24, 2.45) is 5.73 Å². The number of rotatable bonds is 4. The third-order valence-corrected chi connectivity index (χ3v) is 3.46. The standard InChI is InChI=1S/C13H26N2/c1-4-5-6-7-11(2)13-10-12(14)8-9-15(13)3/h7,12-13H,4-6,8-10,14H2,1-3H3. The van der Waals surface area contributed by atoms with Crippen molar-refractivity contribution in [3.05, 3.63) is 11.6 Å². The van der Waals surface area contributed by atoms with Crippen LogP contribution < -0.4 is 5.73 Å². The maximum Gasteiger partial charge on any atom is 0.0316 e. The maximum absolute atomic E-state index is 6.03. The molecule has 1 aliphatic heterocycles. The highest BCUT2D eigenvalue weighted by molar-refractivity contribution is 5.10. The van der Waals surface area contributed by atoms with Gasteiger partial charge in [-0.3, -0.25) is 4.90 Å². The van der Waals surface area contributed by atoms with Gasteiger partial charge in [0.25, 0.3) is 0 Å². The molecule has 2 atom stereocenters. The number of unbranched alkanes of at least 4 members (excludes halogenated alkanes) is 2. The number of hydrogen-bond acceptors (Lipinski definition) is 2. The lowest BCUT2D eigenvalue weighted by molar-refractivity contribution is 0.195. The minimum atomic E-state index is 0.403. The molecular formula is C13H26N2. The molecule has 0 aliphatic carbocycles. The Morgan fingerprint density at radius 2 is 2.27 bits per heavy atom. The summed E-state index contributed by atoms with van der Waals surface area (Å²) in [5.74, 6) is 0. The van der Waals surface area contributed by atoms with E-state index in [-0.39, 0.29) is 0 Å². The largest absolute Gasteiger partial charge is 0.328 e. The van der Waals surface area contributed by atoms with Crippen LogP contribution in [0, 0.1) is 0 Å². The Morgan fingerprint density at radius 3 is 2.93 bits per heavy atom. The van der Waals surface area contributed by atoms with Gasteiger partial charge >= 0.3 is 0 Å². The Bertz CT molecular complexity index is 211. The molecule has 0 radical (unpaired) electrons. The summed E-state index contributed by atoms with van der Waals surface area (Å²) in [5, 5.41) is 0. The van der Waals surface area contributed by atoms with E-state index in [2.05, 4.69) is 31.9 Å². The summed E-state index contributed by atoms with van der Waals surface area (Å²) in [4.78, 5) is 2.45. The Hall–Kier alpha value is -0.340. The summed E-state index contributed by atoms with van der Waals surface area (Å²) in [7, 11) is 2.22. The van der Waals surface area contributed by atoms with Crippen LogP contribution in [0.4, 0.5) is 0 Å². The molecule has 0 amide bonds. The van der Waals surface area contributed by atoms with Crippen molar-refractivity contribution >= 4 is 0 Å². The molecule has 1 rings (SSSR count). The fourth-order valence-electron chi connectivity index (χ4n) is 2.31. The van der Waals surface area contributed by atoms with E-state index in [1.54, 1.807) is 0 Å². The van der Waals surface area contributed by atoms with Gasteiger partial charge in [0.2, 0.25) is 0 Å². The monoisotopic (exact) mass is 210 g/mol. The second kappa shape index (κ2) is 6.29. The van der Waals surface area contributed by atoms with Crippen molar-refractivity contribution in [1.82, 2.24) is 4.90 Å². The average molecular weight is 210 g/mol. The quantitative estimate of drug-likeness (QED) is 0.571. The summed E-state index contributed by atoms with van der Waals surface area (Å²) in [6.45, 7) is 5.64. The molecule has 15 heavy (non-hydrogen) atoms. The number of likely N-dealkylation sites (tertiary alicyclic amines) is 1. The minimum absolute atomic E-state index is 0.403. The van der Waals surface area contributed by atoms with Crippen molar-refractivity contribution in [3.63, 3.8) is 0 Å². The number of nitrogens with zero attached hydrogens (tertiary/aromatic N) is 1. The first-order valence-electron chi connectivity index (χ1n) is 6.27. The van der Waals surface area contributed by atoms with Crippen molar-refractivity contribution in [1.29, 1.82) is 0 Å². The topological polar surface area (TPSA) is 29.3 Å². The van der Waals surface area contributed by atoms with Crippen LogP contribution in [0.25, 0.3) is 0 Å². The number of allylic oxidation sites excluding steroid dienone is 1. The van der Waals surface area contributed by atoms with Crippen LogP contribution in [-0.2, 0) is 0 Å². The van der Waals surface area contributed by atoms with Crippen molar-refractivity contribution in [2.45, 2.75) is 58.0 Å². The highest BCUT2D eigenvalue weighted by Crippen LogP contribution is 2.21. The summed E-state index contributed by atoms with van der Waals surface area (Å²) in [5.41, 5.74) is 7.54. The number of nitrogens with two attached hydrogens (primary N) is 1. The molecule has 0 spiro atoms. The van der Waals surface area contributed by atoms with E-state index in [0.717, 1.165) is 19.4 Å². The van der Waals surface area contributed by atoms with Gasteiger partial charge in [-0.2, -0.15) is 0 Å². The predicted octanol–water partition coefficient (Wildman–Crippen LogP) is 2.54. The van der Waals surface area contributed by atoms with Crippen molar-refractivity contribution in [2.75, 3.05) is 13.6 Å². The molecule has 88 valence electrons. The fraction of sp³-hybridized carbons (Fsp3) is 0.846. The lowest BCUT2D eigenvalue weighted by Gasteiger charge is -2.36. The maximum atomic E-state index is 6.03. The van der Waals surface area contributed by atoms with Gasteiger partial charge < -0.3 is 5.73 Å². The molecule has 1 fully saturated rings. The number of piperidine rings is 1. The van der Waals surface area contributed by atoms with Gasteiger partial charge in [0, 0.05) is 12.1 Å². The van der Waals surface area contributed by atoms with Gasteiger partial charge in [0.15, 0.2) is 0 Å². The van der Waals surface area contributed by atoms with Crippen LogP contribution in [0.3, 0.4) is 0 Å². The molecule has 2 heteroatoms. The second-order valence-corrected chi connectivity index (χ2v) is 4.87. The van der Waals surface area contributed by atoms with Crippen LogP contribution in [-0.4, -0.2) is 30.6 Å². The van der Waals surface area contributed by atoms with E-state index in [1.165, 1.54) is 24.8 Å². The molecule has 1 aliphatic rings. The third kappa shape index (κ3) is 3.96. The normalized spacial score (nSPS) is 29.5. The van der Waals surface area contributed by atoms with E-state index in [9.17, 15) is 0 Å². The molecule has 0 bridgehead atoms. The fourth-order valence-corrected chi connectivity index (χ4v) is 2.31. The molecular weight excluding hydrogens is 184 g/mol. The SMILES string of the molecule is CCCCC=C(C)C1CC(N)CCN1C. The summed E-state index contributed by atoms with van der Waals surface area (Å²) >= 11 is 0. The molecule has 1 heterocycles. The van der Waals surface area contributed by atoms with E-state index in [4.69, 9.17) is 5.73 Å². The first-order chi connectivity index (χ1) is 7.15. The molecule has 2 N–H and O–H groups in total. The van der Waals surface area contributed by atoms with E-state index in [0.29, 0.717) is 12.1 Å². The predicted molar refractivity (Wildman–Crippen MR) is 66.9 cm³/mol.